The van der Waals surface area contributed by atoms with Crippen LogP contribution in [0.25, 0.3) is 11.2 Å². The van der Waals surface area contributed by atoms with Crippen molar-refractivity contribution in [2.75, 3.05) is 20.3 Å². The second-order valence-electron chi connectivity index (χ2n) is 11.9. The number of nitrogens with one attached hydrogen (secondary N) is 5. The molecule has 4 heterocycles. The third-order valence-corrected chi connectivity index (χ3v) is 9.10. The maximum atomic E-state index is 11.3. The molecule has 2 aromatic rings. The fourth-order valence-electron chi connectivity index (χ4n) is 6.00. The molecule has 24 heteroatoms. The molecule has 0 aromatic carbocycles. The lowest BCUT2D eigenvalue weighted by Gasteiger charge is -2.46. The number of guanidine groups is 2. The van der Waals surface area contributed by atoms with Crippen LogP contribution < -0.4 is 27.8 Å². The Morgan fingerprint density at radius 2 is 1.66 bits per heavy atom. The number of aromatic nitrogens is 4. The van der Waals surface area contributed by atoms with Crippen LogP contribution in [0.3, 0.4) is 0 Å². The maximum absolute atomic E-state index is 11.3. The first-order valence-electron chi connectivity index (χ1n) is 15.3. The number of H-pyrrole nitrogens is 2. The molecule has 1 aliphatic carbocycles. The summed E-state index contributed by atoms with van der Waals surface area (Å²) in [6, 6.07) is -3.94. The zero-order valence-corrected chi connectivity index (χ0v) is 27.7. The van der Waals surface area contributed by atoms with E-state index in [9.17, 15) is 40.9 Å². The Morgan fingerprint density at radius 1 is 0.980 bits per heavy atom. The number of fused-ring (bicyclic) bond motifs is 1. The van der Waals surface area contributed by atoms with E-state index in [0.717, 1.165) is 11.2 Å². The van der Waals surface area contributed by atoms with Crippen LogP contribution in [-0.4, -0.2) is 184 Å². The lowest BCUT2D eigenvalue weighted by atomic mass is 9.81. The Bertz CT molecular complexity index is 1520. The van der Waals surface area contributed by atoms with Crippen LogP contribution in [0.4, 0.5) is 0 Å². The molecule has 0 bridgehead atoms. The Labute approximate surface area is 289 Å². The highest BCUT2D eigenvalue weighted by Gasteiger charge is 2.60. The molecule has 0 radical (unpaired) electrons. The van der Waals surface area contributed by atoms with Crippen molar-refractivity contribution >= 4 is 35.3 Å². The number of likely N-dealkylation sites (N-methyl/N-ethyl adjacent to an activating group) is 1. The van der Waals surface area contributed by atoms with E-state index in [1.165, 1.54) is 20.3 Å². The van der Waals surface area contributed by atoms with E-state index in [4.69, 9.17) is 53.8 Å². The first-order chi connectivity index (χ1) is 23.6. The number of nitrogens with two attached hydrogens (primary N) is 3. The summed E-state index contributed by atoms with van der Waals surface area (Å²) in [4.78, 5) is 17.3. The molecule has 0 amide bonds. The molecule has 15 atom stereocenters. The minimum Gasteiger partial charge on any atom is -0.394 e. The molecule has 0 unspecified atom stereocenters. The van der Waals surface area contributed by atoms with Gasteiger partial charge >= 0.3 is 0 Å². The average Bonchev–Trinajstić information content (AvgIpc) is 3.65. The largest absolute Gasteiger partial charge is 0.394 e. The van der Waals surface area contributed by atoms with Crippen molar-refractivity contribution < 1.29 is 59.8 Å². The highest BCUT2D eigenvalue weighted by molar-refractivity contribution is 7.71. The lowest BCUT2D eigenvalue weighted by molar-refractivity contribution is -0.318. The maximum Gasteiger partial charge on any atom is 0.187 e. The van der Waals surface area contributed by atoms with Crippen LogP contribution in [0.1, 0.15) is 6.92 Å². The summed E-state index contributed by atoms with van der Waals surface area (Å²) in [6.45, 7) is -0.205. The quantitative estimate of drug-likeness (QED) is 0.0646. The van der Waals surface area contributed by atoms with Crippen molar-refractivity contribution in [3.63, 3.8) is 0 Å². The third kappa shape index (κ3) is 7.97. The molecular formula is C26H45N11O12S. The van der Waals surface area contributed by atoms with Crippen LogP contribution in [-0.2, 0) is 18.9 Å². The van der Waals surface area contributed by atoms with Gasteiger partial charge in [-0.25, -0.2) is 15.0 Å². The Morgan fingerprint density at radius 3 is 2.24 bits per heavy atom. The van der Waals surface area contributed by atoms with Gasteiger partial charge in [-0.3, -0.25) is 5.41 Å². The monoisotopic (exact) mass is 735 g/mol. The highest BCUT2D eigenvalue weighted by Crippen LogP contribution is 2.38. The van der Waals surface area contributed by atoms with Crippen LogP contribution in [0.15, 0.2) is 17.6 Å². The van der Waals surface area contributed by atoms with Crippen molar-refractivity contribution in [1.82, 2.24) is 30.6 Å². The van der Waals surface area contributed by atoms with Gasteiger partial charge in [0, 0.05) is 0 Å². The molecule has 0 spiro atoms. The van der Waals surface area contributed by atoms with Crippen molar-refractivity contribution in [3.05, 3.63) is 17.3 Å². The Kier molecular flexibility index (Phi) is 13.0. The third-order valence-electron chi connectivity index (χ3n) is 8.79. The number of nitrogens with zero attached hydrogens (tertiary/aromatic N) is 3. The van der Waals surface area contributed by atoms with Crippen molar-refractivity contribution in [2.24, 2.45) is 22.2 Å². The first-order valence-corrected chi connectivity index (χ1v) is 15.7. The number of aliphatic hydroxyl groups is 8. The van der Waals surface area contributed by atoms with Crippen molar-refractivity contribution in [1.29, 1.82) is 5.41 Å². The van der Waals surface area contributed by atoms with E-state index >= 15 is 0 Å². The van der Waals surface area contributed by atoms with E-state index in [-0.39, 0.29) is 0 Å². The lowest BCUT2D eigenvalue weighted by Crippen LogP contribution is -2.70. The molecule has 2 aliphatic heterocycles. The minimum absolute atomic E-state index is 0.495. The standard InChI is InChI=1S/C21H41N7O12.C5H4N4S/c1-5-21(36,4-30)16(40-17-9(26-2)13(34)10(31)6(3-29)38-17)18(37-5)39-15-8(28-20(24)25)11(32)7(27-19(22)23)12(33)14(15)35;10-5-3-4(7-1-6-3)8-2-9-5/h5-18,26,29-36H,3-4H2,1-2H3,(H4,22,23,27)(H4,24,25,28);1-2H,(H2,6,7,8,9,10)/t5-,6-,7+,8-,9-,10-,11+,12-,13-,14+,15+,16-,17-,18-,21+;/m0./s1. The Hall–Kier alpha value is -3.21. The van der Waals surface area contributed by atoms with Gasteiger partial charge in [0.05, 0.1) is 44.1 Å². The van der Waals surface area contributed by atoms with Crippen LogP contribution in [0.2, 0.25) is 0 Å². The van der Waals surface area contributed by atoms with Crippen LogP contribution in [0.5, 0.6) is 0 Å². The number of rotatable bonds is 9. The molecule has 282 valence electrons. The zero-order valence-electron chi connectivity index (χ0n) is 26.8. The predicted octanol–water partition coefficient (Wildman–Crippen LogP) is -7.14. The van der Waals surface area contributed by atoms with Crippen molar-refractivity contribution in [3.8, 4) is 0 Å². The molecular weight excluding hydrogens is 690 g/mol. The van der Waals surface area contributed by atoms with Gasteiger partial charge in [-0.05, 0) is 14.0 Å². The summed E-state index contributed by atoms with van der Waals surface area (Å²) < 4.78 is 23.7. The fourth-order valence-corrected chi connectivity index (χ4v) is 6.21. The van der Waals surface area contributed by atoms with Gasteiger partial charge in [0.2, 0.25) is 0 Å². The van der Waals surface area contributed by atoms with E-state index in [0.29, 0.717) is 4.64 Å². The molecule has 2 aromatic heterocycles. The molecule has 23 nitrogen and oxygen atoms in total. The number of hydrogen-bond donors (Lipinski definition) is 16. The number of ether oxygens (including phenoxy) is 4. The molecule has 50 heavy (non-hydrogen) atoms. The predicted molar refractivity (Wildman–Crippen MR) is 172 cm³/mol. The van der Waals surface area contributed by atoms with Gasteiger partial charge in [-0.2, -0.15) is 0 Å². The van der Waals surface area contributed by atoms with Gasteiger partial charge in [-0.1, -0.05) is 12.2 Å². The summed E-state index contributed by atoms with van der Waals surface area (Å²) >= 11 is 4.91. The van der Waals surface area contributed by atoms with E-state index in [1.54, 1.807) is 6.33 Å². The smallest absolute Gasteiger partial charge is 0.187 e. The molecule has 5 rings (SSSR count). The number of aromatic amines is 2. The fraction of sp³-hybridized carbons (Fsp3) is 0.731. The molecule has 3 aliphatic rings. The number of aliphatic hydroxyl groups excluding tert-OH is 7. The van der Waals surface area contributed by atoms with Crippen LogP contribution in [0, 0.1) is 10.0 Å². The molecule has 3 fully saturated rings. The van der Waals surface area contributed by atoms with Gasteiger partial charge in [0.15, 0.2) is 34.8 Å². The van der Waals surface area contributed by atoms with E-state index in [2.05, 4.69) is 35.6 Å². The number of hydrogen-bond acceptors (Lipinski definition) is 18. The number of aliphatic imine (C=N–C) groups is 1. The molecule has 1 saturated carbocycles. The summed E-state index contributed by atoms with van der Waals surface area (Å²) in [5, 5.41) is 97.0. The summed E-state index contributed by atoms with van der Waals surface area (Å²) in [5.74, 6) is -1.13. The van der Waals surface area contributed by atoms with Gasteiger partial charge in [0.1, 0.15) is 66.0 Å². The van der Waals surface area contributed by atoms with Crippen LogP contribution >= 0.6 is 12.2 Å². The second kappa shape index (κ2) is 16.4. The summed E-state index contributed by atoms with van der Waals surface area (Å²) in [7, 11) is 1.44. The first kappa shape index (κ1) is 39.6. The molecule has 2 saturated heterocycles. The second-order valence-corrected chi connectivity index (χ2v) is 12.3. The zero-order chi connectivity index (χ0) is 37.1. The Balaban J connectivity index is 0.000000474. The van der Waals surface area contributed by atoms with Gasteiger partial charge in [-0.15, -0.1) is 0 Å². The SMILES string of the molecule is CN[C@@H]1[C@H](O[C@H]2[C@H](O[C@H]3[C@H](O)[C@@H](O)[C@H](N=C(N)N)[C@@H](O)[C@@H]3NC(=N)N)O[C@@H](C)[C@]2(O)CO)O[C@@H](CO)[C@H](O)[C@H]1O.S=c1nc[nH]c2nc[nH]c12. The van der Waals surface area contributed by atoms with Gasteiger partial charge < -0.3 is 97.6 Å². The van der Waals surface area contributed by atoms with Crippen molar-refractivity contribution in [2.45, 2.75) is 98.2 Å². The van der Waals surface area contributed by atoms with Gasteiger partial charge in [0.25, 0.3) is 0 Å². The highest BCUT2D eigenvalue weighted by atomic mass is 32.1. The summed E-state index contributed by atoms with van der Waals surface area (Å²) in [5.41, 5.74) is 15.6. The summed E-state index contributed by atoms with van der Waals surface area (Å²) in [6.07, 6.45) is -13.8. The van der Waals surface area contributed by atoms with E-state index < -0.39 is 116 Å². The minimum atomic E-state index is -2.15. The average molecular weight is 736 g/mol. The van der Waals surface area contributed by atoms with E-state index in [1.807, 2.05) is 0 Å². The number of imidazole rings is 1. The topological polar surface area (TPSA) is 394 Å². The molecule has 19 N–H and O–H groups in total. The normalized spacial score (nSPS) is 40.1.